The van der Waals surface area contributed by atoms with E-state index in [0.717, 1.165) is 41.1 Å². The lowest BCUT2D eigenvalue weighted by molar-refractivity contribution is -0.124. The molecule has 188 valence electrons. The first-order valence-corrected chi connectivity index (χ1v) is 12.2. The van der Waals surface area contributed by atoms with Crippen molar-refractivity contribution >= 4 is 11.4 Å². The summed E-state index contributed by atoms with van der Waals surface area (Å²) in [6.07, 6.45) is 5.29. The smallest absolute Gasteiger partial charge is 0.298 e. The Bertz CT molecular complexity index is 1520. The van der Waals surface area contributed by atoms with E-state index in [1.165, 1.54) is 7.11 Å². The maximum Gasteiger partial charge on any atom is 0.298 e. The predicted molar refractivity (Wildman–Crippen MR) is 138 cm³/mol. The Balaban J connectivity index is 1.49. The van der Waals surface area contributed by atoms with Gasteiger partial charge in [-0.05, 0) is 62.1 Å². The molecule has 5 rings (SSSR count). The molecule has 8 heteroatoms. The number of likely N-dealkylation sites (tertiary alicyclic amines) is 1. The highest BCUT2D eigenvalue weighted by molar-refractivity contribution is 5.93. The van der Waals surface area contributed by atoms with Crippen molar-refractivity contribution in [1.82, 2.24) is 19.3 Å². The topological polar surface area (TPSA) is 69.0 Å². The van der Waals surface area contributed by atoms with Crippen LogP contribution in [0.5, 0.6) is 17.2 Å². The zero-order valence-electron chi connectivity index (χ0n) is 21.0. The maximum atomic E-state index is 14.5. The van der Waals surface area contributed by atoms with Crippen LogP contribution in [0.3, 0.4) is 0 Å². The van der Waals surface area contributed by atoms with Gasteiger partial charge in [-0.25, -0.2) is 4.98 Å². The molecule has 0 saturated carbocycles. The summed E-state index contributed by atoms with van der Waals surface area (Å²) in [5.74, 6) is 6.33. The fourth-order valence-electron chi connectivity index (χ4n) is 4.75. The van der Waals surface area contributed by atoms with E-state index in [4.69, 9.17) is 14.5 Å². The number of nitrogens with zero attached hydrogens (tertiary/aromatic N) is 4. The average Bonchev–Trinajstić information content (AvgIpc) is 3.56. The van der Waals surface area contributed by atoms with Gasteiger partial charge < -0.3 is 14.4 Å². The van der Waals surface area contributed by atoms with E-state index in [9.17, 15) is 9.18 Å². The Kier molecular flexibility index (Phi) is 6.78. The Morgan fingerprint density at radius 1 is 1.19 bits per heavy atom. The fraction of sp³-hybridized carbons (Fsp3) is 0.276. The van der Waals surface area contributed by atoms with Crippen molar-refractivity contribution in [2.75, 3.05) is 20.2 Å². The highest BCUT2D eigenvalue weighted by Crippen LogP contribution is 2.35. The highest BCUT2D eigenvalue weighted by atomic mass is 19.1. The quantitative estimate of drug-likeness (QED) is 0.340. The van der Waals surface area contributed by atoms with Gasteiger partial charge in [0.2, 0.25) is 5.82 Å². The van der Waals surface area contributed by atoms with Crippen LogP contribution >= 0.6 is 0 Å². The summed E-state index contributed by atoms with van der Waals surface area (Å²) in [7, 11) is 1.42. The number of imidazole rings is 1. The number of aromatic nitrogens is 3. The van der Waals surface area contributed by atoms with Gasteiger partial charge in [-0.2, -0.15) is 4.39 Å². The summed E-state index contributed by atoms with van der Waals surface area (Å²) in [5.41, 5.74) is 3.60. The lowest BCUT2D eigenvalue weighted by Crippen LogP contribution is -2.27. The van der Waals surface area contributed by atoms with E-state index in [2.05, 4.69) is 28.1 Å². The first kappa shape index (κ1) is 24.3. The Morgan fingerprint density at radius 3 is 2.70 bits per heavy atom. The van der Waals surface area contributed by atoms with Gasteiger partial charge in [-0.3, -0.25) is 14.2 Å². The minimum absolute atomic E-state index is 0.0902. The van der Waals surface area contributed by atoms with E-state index in [1.807, 2.05) is 18.3 Å². The van der Waals surface area contributed by atoms with Crippen molar-refractivity contribution in [2.24, 2.45) is 0 Å². The van der Waals surface area contributed by atoms with E-state index in [0.29, 0.717) is 18.8 Å². The van der Waals surface area contributed by atoms with Crippen LogP contribution in [0.1, 0.15) is 37.7 Å². The van der Waals surface area contributed by atoms with Crippen LogP contribution in [-0.4, -0.2) is 45.4 Å². The largest absolute Gasteiger partial charge is 0.494 e. The minimum Gasteiger partial charge on any atom is -0.494 e. The number of halogens is 1. The third kappa shape index (κ3) is 4.60. The molecule has 1 atom stereocenters. The number of hydrogen-bond donors (Lipinski definition) is 0. The molecule has 1 saturated heterocycles. The molecule has 1 fully saturated rings. The standard InChI is InChI=1S/C29H27FN4O3/c1-4-7-25(35)33-16-14-20(18-33)29-32-27(28-22(5-2)31-15-17-34(28)29)19-10-12-21(13-11-19)37-24-9-6-8-23(36-3)26(24)30/h6,8-13,15,17,20H,5,14,16,18H2,1-3H3/t20-/m1/s1. The summed E-state index contributed by atoms with van der Waals surface area (Å²) >= 11 is 0. The van der Waals surface area contributed by atoms with Gasteiger partial charge in [-0.1, -0.05) is 18.9 Å². The molecule has 1 aliphatic rings. The molecule has 0 spiro atoms. The van der Waals surface area contributed by atoms with E-state index < -0.39 is 5.82 Å². The second kappa shape index (κ2) is 10.3. The van der Waals surface area contributed by atoms with E-state index >= 15 is 0 Å². The SMILES string of the molecule is CC#CC(=O)N1CC[C@@H](c2nc(-c3ccc(Oc4cccc(OC)c4F)cc3)c3c(CC)nccn23)C1. The molecule has 2 aromatic heterocycles. The Hall–Kier alpha value is -4.38. The summed E-state index contributed by atoms with van der Waals surface area (Å²) < 4.78 is 27.4. The lowest BCUT2D eigenvalue weighted by atomic mass is 10.1. The second-order valence-corrected chi connectivity index (χ2v) is 8.78. The van der Waals surface area contributed by atoms with Crippen LogP contribution in [0.2, 0.25) is 0 Å². The second-order valence-electron chi connectivity index (χ2n) is 8.78. The Morgan fingerprint density at radius 2 is 1.97 bits per heavy atom. The molecular weight excluding hydrogens is 471 g/mol. The van der Waals surface area contributed by atoms with Gasteiger partial charge >= 0.3 is 0 Å². The van der Waals surface area contributed by atoms with Crippen LogP contribution in [0.15, 0.2) is 54.9 Å². The van der Waals surface area contributed by atoms with Crippen molar-refractivity contribution in [3.05, 3.63) is 72.2 Å². The first-order valence-electron chi connectivity index (χ1n) is 12.2. The molecular formula is C29H27FN4O3. The number of fused-ring (bicyclic) bond motifs is 1. The van der Waals surface area contributed by atoms with Crippen molar-refractivity contribution in [1.29, 1.82) is 0 Å². The zero-order valence-corrected chi connectivity index (χ0v) is 21.0. The molecule has 0 unspecified atom stereocenters. The van der Waals surface area contributed by atoms with Crippen molar-refractivity contribution in [2.45, 2.75) is 32.6 Å². The van der Waals surface area contributed by atoms with Crippen LogP contribution in [0.25, 0.3) is 16.8 Å². The Labute approximate surface area is 214 Å². The van der Waals surface area contributed by atoms with Gasteiger partial charge in [0.05, 0.1) is 24.0 Å². The number of methoxy groups -OCH3 is 1. The highest BCUT2D eigenvalue weighted by Gasteiger charge is 2.31. The molecule has 0 N–H and O–H groups in total. The summed E-state index contributed by atoms with van der Waals surface area (Å²) in [4.78, 5) is 23.8. The van der Waals surface area contributed by atoms with Gasteiger partial charge in [-0.15, -0.1) is 0 Å². The lowest BCUT2D eigenvalue weighted by Gasteiger charge is -2.12. The number of carbonyl (C=O) groups is 1. The normalized spacial score (nSPS) is 14.9. The van der Waals surface area contributed by atoms with Crippen LogP contribution in [-0.2, 0) is 11.2 Å². The molecule has 4 aromatic rings. The average molecular weight is 499 g/mol. The van der Waals surface area contributed by atoms with Gasteiger partial charge in [0.15, 0.2) is 11.5 Å². The number of ether oxygens (including phenoxy) is 2. The summed E-state index contributed by atoms with van der Waals surface area (Å²) in [6, 6.07) is 12.2. The zero-order chi connectivity index (χ0) is 25.9. The fourth-order valence-corrected chi connectivity index (χ4v) is 4.75. The third-order valence-corrected chi connectivity index (χ3v) is 6.57. The van der Waals surface area contributed by atoms with Crippen molar-refractivity contribution in [3.63, 3.8) is 0 Å². The number of rotatable bonds is 6. The molecule has 0 aliphatic carbocycles. The summed E-state index contributed by atoms with van der Waals surface area (Å²) in [6.45, 7) is 4.97. The third-order valence-electron chi connectivity index (χ3n) is 6.57. The van der Waals surface area contributed by atoms with Crippen LogP contribution < -0.4 is 9.47 Å². The number of carbonyl (C=O) groups excluding carboxylic acids is 1. The number of benzene rings is 2. The molecule has 37 heavy (non-hydrogen) atoms. The van der Waals surface area contributed by atoms with Crippen LogP contribution in [0, 0.1) is 17.7 Å². The molecule has 7 nitrogen and oxygen atoms in total. The molecule has 0 radical (unpaired) electrons. The van der Waals surface area contributed by atoms with Crippen molar-refractivity contribution in [3.8, 4) is 40.3 Å². The summed E-state index contributed by atoms with van der Waals surface area (Å²) in [5, 5.41) is 0. The number of aryl methyl sites for hydroxylation is 1. The molecule has 2 aromatic carbocycles. The van der Waals surface area contributed by atoms with Crippen molar-refractivity contribution < 1.29 is 18.7 Å². The van der Waals surface area contributed by atoms with E-state index in [1.54, 1.807) is 48.4 Å². The monoisotopic (exact) mass is 498 g/mol. The number of hydrogen-bond acceptors (Lipinski definition) is 5. The van der Waals surface area contributed by atoms with E-state index in [-0.39, 0.29) is 23.3 Å². The predicted octanol–water partition coefficient (Wildman–Crippen LogP) is 5.24. The maximum absolute atomic E-state index is 14.5. The van der Waals surface area contributed by atoms with Crippen LogP contribution in [0.4, 0.5) is 4.39 Å². The minimum atomic E-state index is -0.550. The van der Waals surface area contributed by atoms with Gasteiger partial charge in [0.1, 0.15) is 11.6 Å². The van der Waals surface area contributed by atoms with Gasteiger partial charge in [0.25, 0.3) is 5.91 Å². The van der Waals surface area contributed by atoms with Gasteiger partial charge in [0, 0.05) is 37.0 Å². The first-order chi connectivity index (χ1) is 18.0. The molecule has 1 aliphatic heterocycles. The number of amides is 1. The molecule has 3 heterocycles. The molecule has 1 amide bonds. The molecule has 0 bridgehead atoms.